The monoisotopic (exact) mass is 273 g/mol. The molecule has 0 fully saturated rings. The second-order valence-corrected chi connectivity index (χ2v) is 4.51. The van der Waals surface area contributed by atoms with Crippen molar-refractivity contribution in [1.29, 1.82) is 0 Å². The SMILES string of the molecule is CCCOC(=O)c1ccc(NCc2ccnn2C)cc1. The van der Waals surface area contributed by atoms with Gasteiger partial charge < -0.3 is 10.1 Å². The number of benzene rings is 1. The third kappa shape index (κ3) is 3.60. The first-order valence-corrected chi connectivity index (χ1v) is 6.68. The predicted molar refractivity (Wildman–Crippen MR) is 77.6 cm³/mol. The number of carbonyl (C=O) groups is 1. The van der Waals surface area contributed by atoms with Gasteiger partial charge in [0, 0.05) is 18.9 Å². The van der Waals surface area contributed by atoms with E-state index in [0.717, 1.165) is 17.8 Å². The van der Waals surface area contributed by atoms with Gasteiger partial charge in [0.05, 0.1) is 24.4 Å². The van der Waals surface area contributed by atoms with Crippen molar-refractivity contribution >= 4 is 11.7 Å². The van der Waals surface area contributed by atoms with E-state index in [1.807, 2.05) is 36.9 Å². The minimum atomic E-state index is -0.273. The van der Waals surface area contributed by atoms with E-state index < -0.39 is 0 Å². The van der Waals surface area contributed by atoms with Crippen LogP contribution in [0.2, 0.25) is 0 Å². The van der Waals surface area contributed by atoms with E-state index in [0.29, 0.717) is 18.7 Å². The minimum Gasteiger partial charge on any atom is -0.462 e. The van der Waals surface area contributed by atoms with E-state index in [4.69, 9.17) is 4.74 Å². The lowest BCUT2D eigenvalue weighted by Crippen LogP contribution is -2.07. The largest absolute Gasteiger partial charge is 0.462 e. The Bertz CT molecular complexity index is 561. The van der Waals surface area contributed by atoms with E-state index in [1.165, 1.54) is 0 Å². The molecular formula is C15H19N3O2. The number of anilines is 1. The van der Waals surface area contributed by atoms with Crippen molar-refractivity contribution < 1.29 is 9.53 Å². The molecule has 5 nitrogen and oxygen atoms in total. The molecule has 0 aliphatic carbocycles. The molecule has 0 spiro atoms. The predicted octanol–water partition coefficient (Wildman–Crippen LogP) is 2.60. The first-order chi connectivity index (χ1) is 9.70. The highest BCUT2D eigenvalue weighted by molar-refractivity contribution is 5.89. The molecule has 0 aliphatic heterocycles. The summed E-state index contributed by atoms with van der Waals surface area (Å²) in [5.41, 5.74) is 2.62. The number of carbonyl (C=O) groups excluding carboxylic acids is 1. The fraction of sp³-hybridized carbons (Fsp3) is 0.333. The highest BCUT2D eigenvalue weighted by atomic mass is 16.5. The molecule has 0 unspecified atom stereocenters. The molecule has 0 amide bonds. The Morgan fingerprint density at radius 3 is 2.65 bits per heavy atom. The maximum Gasteiger partial charge on any atom is 0.338 e. The van der Waals surface area contributed by atoms with E-state index >= 15 is 0 Å². The minimum absolute atomic E-state index is 0.273. The number of aromatic nitrogens is 2. The lowest BCUT2D eigenvalue weighted by atomic mass is 10.2. The number of nitrogens with one attached hydrogen (secondary N) is 1. The maximum absolute atomic E-state index is 11.6. The number of aryl methyl sites for hydroxylation is 1. The first-order valence-electron chi connectivity index (χ1n) is 6.68. The smallest absolute Gasteiger partial charge is 0.338 e. The Morgan fingerprint density at radius 1 is 1.30 bits per heavy atom. The van der Waals surface area contributed by atoms with Crippen LogP contribution < -0.4 is 5.32 Å². The summed E-state index contributed by atoms with van der Waals surface area (Å²) in [6, 6.07) is 9.24. The summed E-state index contributed by atoms with van der Waals surface area (Å²) in [5.74, 6) is -0.273. The second-order valence-electron chi connectivity index (χ2n) is 4.51. The summed E-state index contributed by atoms with van der Waals surface area (Å²) in [6.07, 6.45) is 2.60. The fourth-order valence-corrected chi connectivity index (χ4v) is 1.77. The zero-order valence-corrected chi connectivity index (χ0v) is 11.8. The molecular weight excluding hydrogens is 254 g/mol. The van der Waals surface area contributed by atoms with Gasteiger partial charge in [-0.25, -0.2) is 4.79 Å². The molecule has 2 rings (SSSR count). The molecule has 0 saturated carbocycles. The third-order valence-corrected chi connectivity index (χ3v) is 2.95. The quantitative estimate of drug-likeness (QED) is 0.822. The van der Waals surface area contributed by atoms with Crippen LogP contribution in [0.3, 0.4) is 0 Å². The zero-order chi connectivity index (χ0) is 14.4. The average molecular weight is 273 g/mol. The van der Waals surface area contributed by atoms with Crippen molar-refractivity contribution in [2.75, 3.05) is 11.9 Å². The van der Waals surface area contributed by atoms with Crippen LogP contribution in [-0.2, 0) is 18.3 Å². The van der Waals surface area contributed by atoms with Gasteiger partial charge in [-0.1, -0.05) is 6.92 Å². The normalized spacial score (nSPS) is 10.3. The summed E-state index contributed by atoms with van der Waals surface area (Å²) >= 11 is 0. The van der Waals surface area contributed by atoms with Gasteiger partial charge in [0.2, 0.25) is 0 Å². The van der Waals surface area contributed by atoms with Gasteiger partial charge in [-0.3, -0.25) is 4.68 Å². The second kappa shape index (κ2) is 6.75. The van der Waals surface area contributed by atoms with Crippen molar-refractivity contribution in [1.82, 2.24) is 9.78 Å². The van der Waals surface area contributed by atoms with Crippen LogP contribution in [0.25, 0.3) is 0 Å². The van der Waals surface area contributed by atoms with Crippen molar-refractivity contribution in [2.24, 2.45) is 7.05 Å². The van der Waals surface area contributed by atoms with Crippen LogP contribution in [-0.4, -0.2) is 22.4 Å². The van der Waals surface area contributed by atoms with Gasteiger partial charge >= 0.3 is 5.97 Å². The Hall–Kier alpha value is -2.30. The van der Waals surface area contributed by atoms with Gasteiger partial charge in [0.1, 0.15) is 0 Å². The number of ether oxygens (including phenoxy) is 1. The number of hydrogen-bond donors (Lipinski definition) is 1. The molecule has 1 aromatic heterocycles. The number of hydrogen-bond acceptors (Lipinski definition) is 4. The van der Waals surface area contributed by atoms with Crippen molar-refractivity contribution in [3.8, 4) is 0 Å². The number of nitrogens with zero attached hydrogens (tertiary/aromatic N) is 2. The van der Waals surface area contributed by atoms with Gasteiger partial charge in [0.25, 0.3) is 0 Å². The lowest BCUT2D eigenvalue weighted by Gasteiger charge is -2.08. The first kappa shape index (κ1) is 14.1. The highest BCUT2D eigenvalue weighted by Gasteiger charge is 2.06. The summed E-state index contributed by atoms with van der Waals surface area (Å²) in [4.78, 5) is 11.6. The molecule has 1 aromatic carbocycles. The van der Waals surface area contributed by atoms with E-state index in [2.05, 4.69) is 10.4 Å². The van der Waals surface area contributed by atoms with Crippen LogP contribution in [0.1, 0.15) is 29.4 Å². The Morgan fingerprint density at radius 2 is 2.05 bits per heavy atom. The van der Waals surface area contributed by atoms with Crippen LogP contribution >= 0.6 is 0 Å². The Labute approximate surface area is 118 Å². The topological polar surface area (TPSA) is 56.1 Å². The molecule has 0 aliphatic rings. The molecule has 1 heterocycles. The average Bonchev–Trinajstić information content (AvgIpc) is 2.88. The highest BCUT2D eigenvalue weighted by Crippen LogP contribution is 2.12. The molecule has 5 heteroatoms. The third-order valence-electron chi connectivity index (χ3n) is 2.95. The van der Waals surface area contributed by atoms with Crippen LogP contribution in [0.15, 0.2) is 36.5 Å². The van der Waals surface area contributed by atoms with E-state index in [1.54, 1.807) is 18.3 Å². The molecule has 0 saturated heterocycles. The van der Waals surface area contributed by atoms with E-state index in [-0.39, 0.29) is 5.97 Å². The summed E-state index contributed by atoms with van der Waals surface area (Å²) < 4.78 is 6.90. The van der Waals surface area contributed by atoms with Crippen LogP contribution in [0.5, 0.6) is 0 Å². The van der Waals surface area contributed by atoms with E-state index in [9.17, 15) is 4.79 Å². The van der Waals surface area contributed by atoms with Gasteiger partial charge in [-0.2, -0.15) is 5.10 Å². The molecule has 0 bridgehead atoms. The van der Waals surface area contributed by atoms with Crippen molar-refractivity contribution in [2.45, 2.75) is 19.9 Å². The Balaban J connectivity index is 1.91. The summed E-state index contributed by atoms with van der Waals surface area (Å²) in [6.45, 7) is 3.12. The zero-order valence-electron chi connectivity index (χ0n) is 11.8. The van der Waals surface area contributed by atoms with Crippen LogP contribution in [0, 0.1) is 0 Å². The number of rotatable bonds is 6. The van der Waals surface area contributed by atoms with Crippen molar-refractivity contribution in [3.63, 3.8) is 0 Å². The van der Waals surface area contributed by atoms with Gasteiger partial charge in [-0.15, -0.1) is 0 Å². The molecule has 2 aromatic rings. The standard InChI is InChI=1S/C15H19N3O2/c1-3-10-20-15(19)12-4-6-13(7-5-12)16-11-14-8-9-17-18(14)2/h4-9,16H,3,10-11H2,1-2H3. The maximum atomic E-state index is 11.6. The molecule has 1 N–H and O–H groups in total. The van der Waals surface area contributed by atoms with Crippen LogP contribution in [0.4, 0.5) is 5.69 Å². The summed E-state index contributed by atoms with van der Waals surface area (Å²) in [5, 5.41) is 7.39. The fourth-order valence-electron chi connectivity index (χ4n) is 1.77. The lowest BCUT2D eigenvalue weighted by molar-refractivity contribution is 0.0505. The summed E-state index contributed by atoms with van der Waals surface area (Å²) in [7, 11) is 1.91. The molecule has 20 heavy (non-hydrogen) atoms. The molecule has 0 radical (unpaired) electrons. The van der Waals surface area contributed by atoms with Crippen molar-refractivity contribution in [3.05, 3.63) is 47.8 Å². The van der Waals surface area contributed by atoms with Gasteiger partial charge in [0.15, 0.2) is 0 Å². The Kier molecular flexibility index (Phi) is 4.76. The van der Waals surface area contributed by atoms with Gasteiger partial charge in [-0.05, 0) is 36.8 Å². The number of esters is 1. The molecule has 106 valence electrons. The molecule has 0 atom stereocenters.